The van der Waals surface area contributed by atoms with Crippen molar-refractivity contribution < 1.29 is 29.0 Å². The van der Waals surface area contributed by atoms with Gasteiger partial charge < -0.3 is 24.4 Å². The Labute approximate surface area is 204 Å². The van der Waals surface area contributed by atoms with E-state index in [9.17, 15) is 19.5 Å². The Morgan fingerprint density at radius 3 is 2.70 bits per heavy atom. The number of unbranched alkanes of at least 4 members (excludes halogenated alkanes) is 1. The first-order chi connectivity index (χ1) is 15.7. The maximum atomic E-state index is 13.9. The van der Waals surface area contributed by atoms with Crippen LogP contribution >= 0.6 is 15.9 Å². The Morgan fingerprint density at radius 1 is 1.36 bits per heavy atom. The van der Waals surface area contributed by atoms with Gasteiger partial charge in [0.2, 0.25) is 11.8 Å². The number of halogens is 1. The van der Waals surface area contributed by atoms with Crippen LogP contribution in [-0.2, 0) is 23.9 Å². The van der Waals surface area contributed by atoms with E-state index in [4.69, 9.17) is 9.47 Å². The summed E-state index contributed by atoms with van der Waals surface area (Å²) in [5, 5.41) is 9.24. The normalized spacial score (nSPS) is 32.2. The summed E-state index contributed by atoms with van der Waals surface area (Å²) in [6.45, 7) is 12.1. The number of hydrogen-bond acceptors (Lipinski definition) is 6. The molecule has 1 N–H and O–H groups in total. The van der Waals surface area contributed by atoms with Gasteiger partial charge in [0.25, 0.3) is 0 Å². The zero-order chi connectivity index (χ0) is 24.3. The molecule has 3 rings (SSSR count). The lowest BCUT2D eigenvalue weighted by Gasteiger charge is -2.38. The van der Waals surface area contributed by atoms with Gasteiger partial charge in [-0.1, -0.05) is 28.1 Å². The summed E-state index contributed by atoms with van der Waals surface area (Å²) in [4.78, 5) is 43.8. The molecule has 33 heavy (non-hydrogen) atoms. The molecule has 8 nitrogen and oxygen atoms in total. The van der Waals surface area contributed by atoms with Crippen LogP contribution in [0.4, 0.5) is 0 Å². The number of amides is 2. The molecule has 0 saturated carbocycles. The molecular weight excluding hydrogens is 492 g/mol. The van der Waals surface area contributed by atoms with Crippen molar-refractivity contribution in [3.8, 4) is 0 Å². The summed E-state index contributed by atoms with van der Waals surface area (Å²) in [6.07, 6.45) is 4.84. The van der Waals surface area contributed by atoms with E-state index in [1.165, 1.54) is 0 Å². The molecule has 1 spiro atoms. The molecule has 3 unspecified atom stereocenters. The molecule has 3 aliphatic heterocycles. The van der Waals surface area contributed by atoms with E-state index in [1.807, 2.05) is 13.8 Å². The highest BCUT2D eigenvalue weighted by Gasteiger charge is 2.77. The van der Waals surface area contributed by atoms with Crippen LogP contribution in [0.25, 0.3) is 0 Å². The Hall–Kier alpha value is -1.71. The molecule has 6 atom stereocenters. The van der Waals surface area contributed by atoms with Crippen molar-refractivity contribution in [2.75, 3.05) is 26.3 Å². The number of ether oxygens (including phenoxy) is 2. The molecule has 2 amide bonds. The molecule has 184 valence electrons. The fourth-order valence-electron chi connectivity index (χ4n) is 5.50. The van der Waals surface area contributed by atoms with E-state index in [1.54, 1.807) is 22.0 Å². The van der Waals surface area contributed by atoms with Crippen molar-refractivity contribution in [3.63, 3.8) is 0 Å². The topological polar surface area (TPSA) is 96.4 Å². The molecule has 9 heteroatoms. The number of likely N-dealkylation sites (tertiary alicyclic amines) is 1. The Morgan fingerprint density at radius 2 is 2.09 bits per heavy atom. The molecule has 0 aromatic carbocycles. The lowest BCUT2D eigenvalue weighted by molar-refractivity contribution is -0.155. The zero-order valence-corrected chi connectivity index (χ0v) is 21.0. The first-order valence-corrected chi connectivity index (χ1v) is 12.6. The smallest absolute Gasteiger partial charge is 0.312 e. The van der Waals surface area contributed by atoms with Crippen molar-refractivity contribution in [3.05, 3.63) is 25.3 Å². The van der Waals surface area contributed by atoms with Gasteiger partial charge >= 0.3 is 5.97 Å². The van der Waals surface area contributed by atoms with Gasteiger partial charge in [0.1, 0.15) is 11.6 Å². The number of alkyl halides is 1. The van der Waals surface area contributed by atoms with Crippen LogP contribution < -0.4 is 0 Å². The van der Waals surface area contributed by atoms with Gasteiger partial charge in [-0.25, -0.2) is 0 Å². The molecule has 0 aromatic heterocycles. The first-order valence-electron chi connectivity index (χ1n) is 11.7. The first kappa shape index (κ1) is 25.9. The summed E-state index contributed by atoms with van der Waals surface area (Å²) in [5.74, 6) is -2.47. The summed E-state index contributed by atoms with van der Waals surface area (Å²) in [6, 6.07) is -0.939. The minimum Gasteiger partial charge on any atom is -0.465 e. The monoisotopic (exact) mass is 526 g/mol. The van der Waals surface area contributed by atoms with Gasteiger partial charge in [-0.3, -0.25) is 14.4 Å². The van der Waals surface area contributed by atoms with Crippen LogP contribution in [0.1, 0.15) is 39.5 Å². The zero-order valence-electron chi connectivity index (χ0n) is 19.5. The lowest BCUT2D eigenvalue weighted by atomic mass is 9.70. The second-order valence-corrected chi connectivity index (χ2v) is 10.4. The van der Waals surface area contributed by atoms with Gasteiger partial charge in [-0.15, -0.1) is 13.2 Å². The van der Waals surface area contributed by atoms with Crippen LogP contribution in [0.2, 0.25) is 0 Å². The van der Waals surface area contributed by atoms with Crippen LogP contribution in [0.3, 0.4) is 0 Å². The molecule has 2 bridgehead atoms. The van der Waals surface area contributed by atoms with Gasteiger partial charge in [0, 0.05) is 30.6 Å². The lowest BCUT2D eigenvalue weighted by Crippen LogP contribution is -2.58. The number of carbonyl (C=O) groups is 3. The number of rotatable bonds is 12. The second kappa shape index (κ2) is 10.7. The molecule has 3 heterocycles. The highest BCUT2D eigenvalue weighted by molar-refractivity contribution is 9.09. The summed E-state index contributed by atoms with van der Waals surface area (Å²) in [7, 11) is 0. The fraction of sp³-hybridized carbons (Fsp3) is 0.708. The molecule has 3 fully saturated rings. The second-order valence-electron chi connectivity index (χ2n) is 9.24. The third-order valence-electron chi connectivity index (χ3n) is 6.90. The molecule has 0 radical (unpaired) electrons. The maximum absolute atomic E-state index is 13.9. The summed E-state index contributed by atoms with van der Waals surface area (Å²) < 4.78 is 11.9. The number of aliphatic hydroxyl groups is 1. The van der Waals surface area contributed by atoms with Crippen molar-refractivity contribution in [2.45, 2.75) is 68.1 Å². The average molecular weight is 527 g/mol. The number of fused-ring (bicyclic) bond motifs is 1. The minimum absolute atomic E-state index is 0.00407. The Bertz CT molecular complexity index is 789. The van der Waals surface area contributed by atoms with Crippen LogP contribution in [0, 0.1) is 11.8 Å². The third kappa shape index (κ3) is 4.51. The van der Waals surface area contributed by atoms with Crippen molar-refractivity contribution in [2.24, 2.45) is 11.8 Å². The van der Waals surface area contributed by atoms with Gasteiger partial charge in [0.15, 0.2) is 0 Å². The van der Waals surface area contributed by atoms with Crippen LogP contribution in [-0.4, -0.2) is 87.6 Å². The number of hydrogen-bond donors (Lipinski definition) is 1. The summed E-state index contributed by atoms with van der Waals surface area (Å²) >= 11 is 3.64. The largest absolute Gasteiger partial charge is 0.465 e. The summed E-state index contributed by atoms with van der Waals surface area (Å²) in [5.41, 5.74) is -1.09. The fourth-order valence-corrected chi connectivity index (χ4v) is 6.45. The van der Waals surface area contributed by atoms with E-state index in [0.717, 1.165) is 0 Å². The molecule has 0 aromatic rings. The van der Waals surface area contributed by atoms with E-state index >= 15 is 0 Å². The SMILES string of the molecule is C=CCCOC(=O)[C@H]1[C@@H]2OC3(CC2Br)C(C(=O)N(CC=C)C(C)C)N(CCCCO)C(=O)[C@H]13. The number of carbonyl (C=O) groups excluding carboxylic acids is 3. The quantitative estimate of drug-likeness (QED) is 0.181. The number of aliphatic hydroxyl groups excluding tert-OH is 1. The average Bonchev–Trinajstić information content (AvgIpc) is 3.35. The van der Waals surface area contributed by atoms with E-state index in [0.29, 0.717) is 38.8 Å². The Kier molecular flexibility index (Phi) is 8.40. The van der Waals surface area contributed by atoms with Gasteiger partial charge in [0.05, 0.1) is 24.5 Å². The maximum Gasteiger partial charge on any atom is 0.312 e. The van der Waals surface area contributed by atoms with Crippen LogP contribution in [0.5, 0.6) is 0 Å². The van der Waals surface area contributed by atoms with Crippen LogP contribution in [0.15, 0.2) is 25.3 Å². The predicted octanol–water partition coefficient (Wildman–Crippen LogP) is 2.05. The highest BCUT2D eigenvalue weighted by Crippen LogP contribution is 2.60. The minimum atomic E-state index is -1.09. The van der Waals surface area contributed by atoms with Gasteiger partial charge in [-0.05, 0) is 39.5 Å². The molecule has 3 saturated heterocycles. The van der Waals surface area contributed by atoms with E-state index < -0.39 is 35.6 Å². The predicted molar refractivity (Wildman–Crippen MR) is 127 cm³/mol. The number of nitrogens with zero attached hydrogens (tertiary/aromatic N) is 2. The van der Waals surface area contributed by atoms with Crippen molar-refractivity contribution in [1.29, 1.82) is 0 Å². The third-order valence-corrected chi connectivity index (χ3v) is 7.75. The Balaban J connectivity index is 1.99. The number of esters is 1. The van der Waals surface area contributed by atoms with E-state index in [2.05, 4.69) is 29.1 Å². The van der Waals surface area contributed by atoms with E-state index in [-0.39, 0.29) is 35.9 Å². The molecular formula is C24H35BrN2O6. The van der Waals surface area contributed by atoms with Crippen molar-refractivity contribution >= 4 is 33.7 Å². The van der Waals surface area contributed by atoms with Gasteiger partial charge in [-0.2, -0.15) is 0 Å². The van der Waals surface area contributed by atoms with Crippen molar-refractivity contribution in [1.82, 2.24) is 9.80 Å². The highest BCUT2D eigenvalue weighted by atomic mass is 79.9. The standard InChI is InChI=1S/C24H35BrN2O6/c1-5-7-13-32-23(31)17-18-21(29)27(11-8-9-12-28)20(22(30)26(10-6-2)15(3)4)24(18)14-16(25)19(17)33-24/h5-6,15-20,28H,1-2,7-14H2,3-4H3/t16?,17-,18+,19-,20?,24?/m1/s1. The molecule has 3 aliphatic rings. The molecule has 0 aliphatic carbocycles.